The van der Waals surface area contributed by atoms with Crippen LogP contribution in [0, 0.1) is 0 Å². The molecular weight excluding hydrogens is 345 g/mol. The van der Waals surface area contributed by atoms with E-state index in [0.717, 1.165) is 28.9 Å². The van der Waals surface area contributed by atoms with Crippen LogP contribution in [0.5, 0.6) is 0 Å². The van der Waals surface area contributed by atoms with Gasteiger partial charge in [0.1, 0.15) is 0 Å². The number of fused-ring (bicyclic) bond motifs is 1. The number of halogens is 3. The second-order valence-corrected chi connectivity index (χ2v) is 5.49. The third-order valence-corrected chi connectivity index (χ3v) is 3.69. The Morgan fingerprint density at radius 2 is 1.88 bits per heavy atom. The lowest BCUT2D eigenvalue weighted by Gasteiger charge is -2.09. The van der Waals surface area contributed by atoms with Crippen LogP contribution in [0.2, 0.25) is 0 Å². The Morgan fingerprint density at radius 3 is 2.73 bits per heavy atom. The number of hydrogen-bond acceptors (Lipinski definition) is 5. The van der Waals surface area contributed by atoms with E-state index in [1.54, 1.807) is 12.4 Å². The largest absolute Gasteiger partial charge is 0.417 e. The summed E-state index contributed by atoms with van der Waals surface area (Å²) in [5.41, 5.74) is 2.43. The van der Waals surface area contributed by atoms with E-state index in [-0.39, 0.29) is 11.6 Å². The first-order valence-corrected chi connectivity index (χ1v) is 7.55. The number of nitrogens with one attached hydrogen (secondary N) is 2. The maximum Gasteiger partial charge on any atom is 0.417 e. The third-order valence-electron chi connectivity index (χ3n) is 3.69. The van der Waals surface area contributed by atoms with Crippen molar-refractivity contribution in [3.8, 4) is 11.3 Å². The molecule has 0 saturated carbocycles. The lowest BCUT2D eigenvalue weighted by molar-refractivity contribution is -0.137. The number of imidazole rings is 1. The SMILES string of the molecule is FC(F)(F)c1cncc(Nc2nccc(-c3ccc4[nH]cnc4c3)n2)c1. The van der Waals surface area contributed by atoms with Gasteiger partial charge in [0.05, 0.1) is 40.5 Å². The summed E-state index contributed by atoms with van der Waals surface area (Å²) in [6.45, 7) is 0. The van der Waals surface area contributed by atoms with Gasteiger partial charge in [0.15, 0.2) is 0 Å². The van der Waals surface area contributed by atoms with Crippen molar-refractivity contribution in [1.29, 1.82) is 0 Å². The van der Waals surface area contributed by atoms with E-state index >= 15 is 0 Å². The first-order chi connectivity index (χ1) is 12.5. The van der Waals surface area contributed by atoms with Gasteiger partial charge < -0.3 is 10.3 Å². The summed E-state index contributed by atoms with van der Waals surface area (Å²) in [5.74, 6) is 0.172. The molecule has 0 saturated heterocycles. The smallest absolute Gasteiger partial charge is 0.345 e. The Morgan fingerprint density at radius 1 is 1.00 bits per heavy atom. The number of pyridine rings is 1. The van der Waals surface area contributed by atoms with Crippen LogP contribution in [0.25, 0.3) is 22.3 Å². The summed E-state index contributed by atoms with van der Waals surface area (Å²) in [6, 6.07) is 8.29. The van der Waals surface area contributed by atoms with Crippen LogP contribution in [0.4, 0.5) is 24.8 Å². The lowest BCUT2D eigenvalue weighted by atomic mass is 10.1. The highest BCUT2D eigenvalue weighted by Crippen LogP contribution is 2.30. The number of alkyl halides is 3. The van der Waals surface area contributed by atoms with Crippen molar-refractivity contribution in [1.82, 2.24) is 24.9 Å². The third kappa shape index (κ3) is 3.18. The second kappa shape index (κ2) is 6.10. The minimum atomic E-state index is -4.47. The summed E-state index contributed by atoms with van der Waals surface area (Å²) < 4.78 is 38.4. The Bertz CT molecular complexity index is 1070. The van der Waals surface area contributed by atoms with Crippen LogP contribution in [0.15, 0.2) is 55.2 Å². The zero-order chi connectivity index (χ0) is 18.1. The molecule has 3 aromatic heterocycles. The molecular formula is C17H11F3N6. The van der Waals surface area contributed by atoms with Crippen LogP contribution in [0.3, 0.4) is 0 Å². The van der Waals surface area contributed by atoms with Crippen LogP contribution >= 0.6 is 0 Å². The van der Waals surface area contributed by atoms with E-state index in [1.807, 2.05) is 18.2 Å². The van der Waals surface area contributed by atoms with Gasteiger partial charge in [0.2, 0.25) is 5.95 Å². The number of hydrogen-bond donors (Lipinski definition) is 2. The maximum absolute atomic E-state index is 12.8. The molecule has 6 nitrogen and oxygen atoms in total. The van der Waals surface area contributed by atoms with Gasteiger partial charge in [0.25, 0.3) is 0 Å². The topological polar surface area (TPSA) is 79.4 Å². The van der Waals surface area contributed by atoms with Gasteiger partial charge in [-0.25, -0.2) is 15.0 Å². The zero-order valence-corrected chi connectivity index (χ0v) is 13.1. The number of anilines is 2. The van der Waals surface area contributed by atoms with Gasteiger partial charge in [-0.3, -0.25) is 4.98 Å². The van der Waals surface area contributed by atoms with Gasteiger partial charge in [-0.1, -0.05) is 6.07 Å². The molecule has 0 spiro atoms. The Balaban J connectivity index is 1.64. The van der Waals surface area contributed by atoms with Gasteiger partial charge in [-0.15, -0.1) is 0 Å². The molecule has 3 heterocycles. The van der Waals surface area contributed by atoms with E-state index in [0.29, 0.717) is 5.69 Å². The molecule has 0 atom stereocenters. The Kier molecular flexibility index (Phi) is 3.76. The van der Waals surface area contributed by atoms with Crippen molar-refractivity contribution < 1.29 is 13.2 Å². The van der Waals surface area contributed by atoms with E-state index in [2.05, 4.69) is 30.2 Å². The quantitative estimate of drug-likeness (QED) is 0.576. The van der Waals surface area contributed by atoms with Crippen molar-refractivity contribution >= 4 is 22.7 Å². The fraction of sp³-hybridized carbons (Fsp3) is 0.0588. The Hall–Kier alpha value is -3.49. The number of nitrogens with zero attached hydrogens (tertiary/aromatic N) is 4. The van der Waals surface area contributed by atoms with Crippen molar-refractivity contribution in [2.75, 3.05) is 5.32 Å². The molecule has 0 amide bonds. The van der Waals surface area contributed by atoms with Crippen molar-refractivity contribution in [3.63, 3.8) is 0 Å². The number of rotatable bonds is 3. The summed E-state index contributed by atoms with van der Waals surface area (Å²) in [7, 11) is 0. The second-order valence-electron chi connectivity index (χ2n) is 5.49. The Labute approximate surface area is 145 Å². The number of benzene rings is 1. The van der Waals surface area contributed by atoms with Gasteiger partial charge in [-0.2, -0.15) is 13.2 Å². The number of aromatic amines is 1. The standard InChI is InChI=1S/C17H11F3N6/c18-17(19,20)11-6-12(8-21-7-11)25-16-22-4-3-13(26-16)10-1-2-14-15(5-10)24-9-23-14/h1-9H,(H,23,24)(H,22,25,26). The summed E-state index contributed by atoms with van der Waals surface area (Å²) in [4.78, 5) is 19.2. The molecule has 0 aliphatic rings. The van der Waals surface area contributed by atoms with E-state index in [9.17, 15) is 13.2 Å². The average Bonchev–Trinajstić information content (AvgIpc) is 3.09. The molecule has 4 rings (SSSR count). The molecule has 9 heteroatoms. The molecule has 0 aliphatic carbocycles. The van der Waals surface area contributed by atoms with Gasteiger partial charge >= 0.3 is 6.18 Å². The number of H-pyrrole nitrogens is 1. The molecule has 130 valence electrons. The van der Waals surface area contributed by atoms with E-state index < -0.39 is 11.7 Å². The van der Waals surface area contributed by atoms with E-state index in [1.165, 1.54) is 12.4 Å². The predicted octanol–water partition coefficient (Wildman–Crippen LogP) is 4.18. The molecule has 1 aromatic carbocycles. The molecule has 2 N–H and O–H groups in total. The zero-order valence-electron chi connectivity index (χ0n) is 13.1. The highest BCUT2D eigenvalue weighted by atomic mass is 19.4. The fourth-order valence-corrected chi connectivity index (χ4v) is 2.46. The van der Waals surface area contributed by atoms with Crippen LogP contribution in [-0.2, 0) is 6.18 Å². The molecule has 26 heavy (non-hydrogen) atoms. The highest BCUT2D eigenvalue weighted by molar-refractivity contribution is 5.80. The monoisotopic (exact) mass is 356 g/mol. The summed E-state index contributed by atoms with van der Waals surface area (Å²) in [5, 5.41) is 2.75. The first-order valence-electron chi connectivity index (χ1n) is 7.55. The number of aromatic nitrogens is 5. The first kappa shape index (κ1) is 16.0. The molecule has 0 bridgehead atoms. The lowest BCUT2D eigenvalue weighted by Crippen LogP contribution is -2.06. The molecule has 0 unspecified atom stereocenters. The minimum absolute atomic E-state index is 0.153. The summed E-state index contributed by atoms with van der Waals surface area (Å²) in [6.07, 6.45) is 0.706. The van der Waals surface area contributed by atoms with Crippen molar-refractivity contribution in [3.05, 3.63) is 60.8 Å². The molecule has 0 fully saturated rings. The molecule has 4 aromatic rings. The van der Waals surface area contributed by atoms with E-state index in [4.69, 9.17) is 0 Å². The molecule has 0 radical (unpaired) electrons. The maximum atomic E-state index is 12.8. The van der Waals surface area contributed by atoms with Crippen molar-refractivity contribution in [2.45, 2.75) is 6.18 Å². The molecule has 0 aliphatic heterocycles. The summed E-state index contributed by atoms with van der Waals surface area (Å²) >= 11 is 0. The fourth-order valence-electron chi connectivity index (χ4n) is 2.46. The normalized spacial score (nSPS) is 11.7. The predicted molar refractivity (Wildman–Crippen MR) is 89.6 cm³/mol. The van der Waals surface area contributed by atoms with Crippen LogP contribution in [-0.4, -0.2) is 24.9 Å². The van der Waals surface area contributed by atoms with Crippen LogP contribution < -0.4 is 5.32 Å². The van der Waals surface area contributed by atoms with Gasteiger partial charge in [-0.05, 0) is 24.3 Å². The average molecular weight is 356 g/mol. The highest BCUT2D eigenvalue weighted by Gasteiger charge is 2.31. The van der Waals surface area contributed by atoms with Gasteiger partial charge in [0, 0.05) is 18.0 Å². The van der Waals surface area contributed by atoms with Crippen molar-refractivity contribution in [2.24, 2.45) is 0 Å². The minimum Gasteiger partial charge on any atom is -0.345 e. The van der Waals surface area contributed by atoms with Crippen LogP contribution in [0.1, 0.15) is 5.56 Å².